The standard InChI is InChI=1S/C26H24F2N2O5S/c1-15-13-17(9-10-19(15)16-5-3-6-18(14-16)29-36(2,34)35)25(31)30-22(11-12-23(30)26(32)33)20-7-4-8-21(27)24(20)28/h3-10,13-14,22-23,29H,11-12H2,1-2H3,(H,32,33)/t22-,23+/m1/s1. The Kier molecular flexibility index (Phi) is 6.81. The number of sulfonamides is 1. The summed E-state index contributed by atoms with van der Waals surface area (Å²) in [5, 5.41) is 9.71. The summed E-state index contributed by atoms with van der Waals surface area (Å²) >= 11 is 0. The van der Waals surface area contributed by atoms with E-state index in [4.69, 9.17) is 0 Å². The molecule has 7 nitrogen and oxygen atoms in total. The molecule has 188 valence electrons. The van der Waals surface area contributed by atoms with E-state index in [2.05, 4.69) is 4.72 Å². The molecule has 0 aromatic heterocycles. The van der Waals surface area contributed by atoms with Crippen LogP contribution in [0.3, 0.4) is 0 Å². The van der Waals surface area contributed by atoms with Crippen molar-refractivity contribution in [3.63, 3.8) is 0 Å². The second-order valence-electron chi connectivity index (χ2n) is 8.79. The summed E-state index contributed by atoms with van der Waals surface area (Å²) in [5.41, 5.74) is 2.68. The molecule has 0 aliphatic carbocycles. The number of likely N-dealkylation sites (tertiary alicyclic amines) is 1. The van der Waals surface area contributed by atoms with Crippen LogP contribution >= 0.6 is 0 Å². The van der Waals surface area contributed by atoms with Gasteiger partial charge >= 0.3 is 5.97 Å². The Labute approximate surface area is 207 Å². The van der Waals surface area contributed by atoms with Crippen LogP contribution in [0.25, 0.3) is 11.1 Å². The summed E-state index contributed by atoms with van der Waals surface area (Å²) in [6.45, 7) is 1.77. The maximum absolute atomic E-state index is 14.6. The van der Waals surface area contributed by atoms with Gasteiger partial charge in [0.15, 0.2) is 11.6 Å². The highest BCUT2D eigenvalue weighted by atomic mass is 32.2. The fourth-order valence-electron chi connectivity index (χ4n) is 4.65. The quantitative estimate of drug-likeness (QED) is 0.495. The van der Waals surface area contributed by atoms with Crippen molar-refractivity contribution in [3.05, 3.63) is 89.0 Å². The van der Waals surface area contributed by atoms with Crippen LogP contribution in [-0.4, -0.2) is 42.6 Å². The number of benzene rings is 3. The number of aliphatic carboxylic acids is 1. The van der Waals surface area contributed by atoms with Crippen LogP contribution in [0, 0.1) is 18.6 Å². The van der Waals surface area contributed by atoms with E-state index in [0.717, 1.165) is 22.8 Å². The number of aryl methyl sites for hydroxylation is 1. The van der Waals surface area contributed by atoms with E-state index in [-0.39, 0.29) is 24.0 Å². The normalized spacial score (nSPS) is 17.7. The minimum Gasteiger partial charge on any atom is -0.480 e. The van der Waals surface area contributed by atoms with Gasteiger partial charge < -0.3 is 10.0 Å². The number of hydrogen-bond donors (Lipinski definition) is 2. The molecule has 0 unspecified atom stereocenters. The minimum atomic E-state index is -3.46. The number of nitrogens with one attached hydrogen (secondary N) is 1. The monoisotopic (exact) mass is 514 g/mol. The Hall–Kier alpha value is -3.79. The summed E-state index contributed by atoms with van der Waals surface area (Å²) in [6.07, 6.45) is 1.34. The van der Waals surface area contributed by atoms with Gasteiger partial charge in [-0.05, 0) is 66.8 Å². The molecule has 0 radical (unpaired) electrons. The lowest BCUT2D eigenvalue weighted by molar-refractivity contribution is -0.141. The SMILES string of the molecule is Cc1cc(C(=O)N2[C@@H](c3cccc(F)c3F)CC[C@H]2C(=O)O)ccc1-c1cccc(NS(C)(=O)=O)c1. The minimum absolute atomic E-state index is 0.0596. The van der Waals surface area contributed by atoms with Crippen molar-refractivity contribution >= 4 is 27.6 Å². The number of carbonyl (C=O) groups excluding carboxylic acids is 1. The van der Waals surface area contributed by atoms with Crippen molar-refractivity contribution < 1.29 is 31.9 Å². The van der Waals surface area contributed by atoms with Crippen LogP contribution in [0.5, 0.6) is 0 Å². The fourth-order valence-corrected chi connectivity index (χ4v) is 5.21. The predicted molar refractivity (Wildman–Crippen MR) is 131 cm³/mol. The summed E-state index contributed by atoms with van der Waals surface area (Å²) in [4.78, 5) is 26.5. The molecule has 1 saturated heterocycles. The van der Waals surface area contributed by atoms with Crippen molar-refractivity contribution in [2.75, 3.05) is 11.0 Å². The van der Waals surface area contributed by atoms with Crippen LogP contribution in [0.15, 0.2) is 60.7 Å². The zero-order valence-corrected chi connectivity index (χ0v) is 20.4. The van der Waals surface area contributed by atoms with Crippen molar-refractivity contribution in [3.8, 4) is 11.1 Å². The number of hydrogen-bond acceptors (Lipinski definition) is 4. The van der Waals surface area contributed by atoms with Gasteiger partial charge in [0.1, 0.15) is 6.04 Å². The molecule has 0 spiro atoms. The summed E-state index contributed by atoms with van der Waals surface area (Å²) in [7, 11) is -3.46. The highest BCUT2D eigenvalue weighted by Gasteiger charge is 2.43. The molecule has 1 heterocycles. The molecule has 1 amide bonds. The molecule has 3 aromatic carbocycles. The van der Waals surface area contributed by atoms with Gasteiger partial charge in [-0.2, -0.15) is 0 Å². The summed E-state index contributed by atoms with van der Waals surface area (Å²) < 4.78 is 54.0. The molecule has 1 aliphatic rings. The first-order valence-electron chi connectivity index (χ1n) is 11.1. The first-order valence-corrected chi connectivity index (χ1v) is 13.0. The lowest BCUT2D eigenvalue weighted by Gasteiger charge is -2.29. The molecule has 0 bridgehead atoms. The Morgan fingerprint density at radius 1 is 1.03 bits per heavy atom. The van der Waals surface area contributed by atoms with E-state index in [1.165, 1.54) is 18.2 Å². The van der Waals surface area contributed by atoms with Gasteiger partial charge in [-0.25, -0.2) is 22.0 Å². The van der Waals surface area contributed by atoms with Crippen molar-refractivity contribution in [2.45, 2.75) is 31.8 Å². The number of amides is 1. The Morgan fingerprint density at radius 3 is 2.42 bits per heavy atom. The number of nitrogens with zero attached hydrogens (tertiary/aromatic N) is 1. The topological polar surface area (TPSA) is 104 Å². The van der Waals surface area contributed by atoms with Crippen molar-refractivity contribution in [1.82, 2.24) is 4.90 Å². The first-order chi connectivity index (χ1) is 17.0. The largest absolute Gasteiger partial charge is 0.480 e. The second-order valence-corrected chi connectivity index (χ2v) is 10.5. The van der Waals surface area contributed by atoms with Gasteiger partial charge in [0.2, 0.25) is 10.0 Å². The molecule has 4 rings (SSSR count). The molecule has 0 saturated carbocycles. The predicted octanol–water partition coefficient (Wildman–Crippen LogP) is 4.74. The van der Waals surface area contributed by atoms with Gasteiger partial charge in [0.05, 0.1) is 12.3 Å². The highest BCUT2D eigenvalue weighted by Crippen LogP contribution is 2.39. The average Bonchev–Trinajstić information content (AvgIpc) is 3.24. The lowest BCUT2D eigenvalue weighted by atomic mass is 9.97. The van der Waals surface area contributed by atoms with Crippen LogP contribution in [0.1, 0.15) is 40.4 Å². The molecule has 10 heteroatoms. The van der Waals surface area contributed by atoms with Crippen LogP contribution in [0.2, 0.25) is 0 Å². The number of carbonyl (C=O) groups is 2. The smallest absolute Gasteiger partial charge is 0.326 e. The Balaban J connectivity index is 1.69. The highest BCUT2D eigenvalue weighted by molar-refractivity contribution is 7.92. The number of rotatable bonds is 6. The third kappa shape index (κ3) is 5.08. The number of carboxylic acid groups (broad SMARTS) is 1. The van der Waals surface area contributed by atoms with Gasteiger partial charge in [0.25, 0.3) is 5.91 Å². The first kappa shape index (κ1) is 25.3. The Bertz CT molecular complexity index is 1460. The van der Waals surface area contributed by atoms with Crippen LogP contribution < -0.4 is 4.72 Å². The van der Waals surface area contributed by atoms with Crippen LogP contribution in [0.4, 0.5) is 14.5 Å². The fraction of sp³-hybridized carbons (Fsp3) is 0.231. The summed E-state index contributed by atoms with van der Waals surface area (Å²) in [5.74, 6) is -3.98. The van der Waals surface area contributed by atoms with E-state index in [1.54, 1.807) is 43.3 Å². The van der Waals surface area contributed by atoms with Crippen molar-refractivity contribution in [1.29, 1.82) is 0 Å². The van der Waals surface area contributed by atoms with E-state index < -0.39 is 45.6 Å². The van der Waals surface area contributed by atoms with Crippen molar-refractivity contribution in [2.24, 2.45) is 0 Å². The number of anilines is 1. The lowest BCUT2D eigenvalue weighted by Crippen LogP contribution is -2.42. The average molecular weight is 515 g/mol. The van der Waals surface area contributed by atoms with Gasteiger partial charge in [-0.3, -0.25) is 9.52 Å². The molecule has 3 aromatic rings. The van der Waals surface area contributed by atoms with E-state index in [9.17, 15) is 31.9 Å². The van der Waals surface area contributed by atoms with E-state index >= 15 is 0 Å². The number of halogens is 2. The summed E-state index contributed by atoms with van der Waals surface area (Å²) in [6, 6.07) is 13.2. The van der Waals surface area contributed by atoms with Gasteiger partial charge in [-0.15, -0.1) is 0 Å². The molecule has 2 atom stereocenters. The third-order valence-corrected chi connectivity index (χ3v) is 6.80. The van der Waals surface area contributed by atoms with E-state index in [1.807, 2.05) is 0 Å². The molecule has 36 heavy (non-hydrogen) atoms. The third-order valence-electron chi connectivity index (χ3n) is 6.20. The molecule has 2 N–H and O–H groups in total. The van der Waals surface area contributed by atoms with Gasteiger partial charge in [0, 0.05) is 16.8 Å². The van der Waals surface area contributed by atoms with Gasteiger partial charge in [-0.1, -0.05) is 30.3 Å². The zero-order valence-electron chi connectivity index (χ0n) is 19.5. The Morgan fingerprint density at radius 2 is 1.75 bits per heavy atom. The molecule has 1 fully saturated rings. The molecular formula is C26H24F2N2O5S. The maximum atomic E-state index is 14.6. The molecule has 1 aliphatic heterocycles. The van der Waals surface area contributed by atoms with E-state index in [0.29, 0.717) is 16.8 Å². The zero-order chi connectivity index (χ0) is 26.2. The maximum Gasteiger partial charge on any atom is 0.326 e. The second kappa shape index (κ2) is 9.69. The molecular weight excluding hydrogens is 490 g/mol. The number of carboxylic acids is 1. The van der Waals surface area contributed by atoms with Crippen LogP contribution in [-0.2, 0) is 14.8 Å².